The van der Waals surface area contributed by atoms with E-state index >= 15 is 0 Å². The fraction of sp³-hybridized carbons (Fsp3) is 0.600. The Labute approximate surface area is 158 Å². The Morgan fingerprint density at radius 2 is 2.33 bits per heavy atom. The van der Waals surface area contributed by atoms with Crippen LogP contribution in [0.2, 0.25) is 0 Å². The number of carbonyl (C=O) groups excluding carboxylic acids is 1. The van der Waals surface area contributed by atoms with Crippen molar-refractivity contribution in [2.75, 3.05) is 26.9 Å². The molecule has 1 aliphatic heterocycles. The van der Waals surface area contributed by atoms with Gasteiger partial charge in [-0.2, -0.15) is 0 Å². The van der Waals surface area contributed by atoms with Crippen LogP contribution in [0.3, 0.4) is 0 Å². The normalized spacial score (nSPS) is 18.8. The SMILES string of the molecule is CN=C(NCc1ccc(C(N)=O)o1)NC(C)COC1CCOC1.I. The van der Waals surface area contributed by atoms with Crippen molar-refractivity contribution in [3.63, 3.8) is 0 Å². The van der Waals surface area contributed by atoms with Gasteiger partial charge in [0, 0.05) is 19.7 Å². The molecule has 0 spiro atoms. The Kier molecular flexibility index (Phi) is 9.08. The number of ether oxygens (including phenoxy) is 2. The topological polar surface area (TPSA) is 111 Å². The number of hydrogen-bond acceptors (Lipinski definition) is 5. The Balaban J connectivity index is 0.00000288. The molecule has 1 aromatic rings. The zero-order valence-electron chi connectivity index (χ0n) is 13.9. The summed E-state index contributed by atoms with van der Waals surface area (Å²) in [6, 6.07) is 3.35. The predicted molar refractivity (Wildman–Crippen MR) is 101 cm³/mol. The van der Waals surface area contributed by atoms with Crippen LogP contribution in [0.1, 0.15) is 29.7 Å². The van der Waals surface area contributed by atoms with Crippen molar-refractivity contribution in [3.05, 3.63) is 23.7 Å². The number of primary amides is 1. The molecule has 136 valence electrons. The third-order valence-corrected chi connectivity index (χ3v) is 3.41. The zero-order valence-corrected chi connectivity index (χ0v) is 16.2. The molecule has 0 saturated carbocycles. The van der Waals surface area contributed by atoms with Gasteiger partial charge >= 0.3 is 0 Å². The fourth-order valence-electron chi connectivity index (χ4n) is 2.17. The Morgan fingerprint density at radius 1 is 1.54 bits per heavy atom. The first-order valence-electron chi connectivity index (χ1n) is 7.63. The summed E-state index contributed by atoms with van der Waals surface area (Å²) in [5, 5.41) is 6.34. The average Bonchev–Trinajstić information content (AvgIpc) is 3.20. The minimum absolute atomic E-state index is 0. The zero-order chi connectivity index (χ0) is 16.7. The van der Waals surface area contributed by atoms with Crippen molar-refractivity contribution < 1.29 is 18.7 Å². The third kappa shape index (κ3) is 6.65. The van der Waals surface area contributed by atoms with Crippen LogP contribution < -0.4 is 16.4 Å². The van der Waals surface area contributed by atoms with Crippen LogP contribution in [-0.2, 0) is 16.0 Å². The highest BCUT2D eigenvalue weighted by atomic mass is 127. The van der Waals surface area contributed by atoms with Crippen molar-refractivity contribution in [2.24, 2.45) is 10.7 Å². The summed E-state index contributed by atoms with van der Waals surface area (Å²) < 4.78 is 16.3. The van der Waals surface area contributed by atoms with Crippen molar-refractivity contribution >= 4 is 35.8 Å². The monoisotopic (exact) mass is 452 g/mol. The Morgan fingerprint density at radius 3 is 2.92 bits per heavy atom. The van der Waals surface area contributed by atoms with Gasteiger partial charge in [-0.15, -0.1) is 24.0 Å². The van der Waals surface area contributed by atoms with Gasteiger partial charge in [-0.1, -0.05) is 0 Å². The van der Waals surface area contributed by atoms with E-state index in [-0.39, 0.29) is 41.9 Å². The highest BCUT2D eigenvalue weighted by Gasteiger charge is 2.17. The number of nitrogens with zero attached hydrogens (tertiary/aromatic N) is 1. The number of nitrogens with one attached hydrogen (secondary N) is 2. The number of rotatable bonds is 7. The van der Waals surface area contributed by atoms with E-state index < -0.39 is 5.91 Å². The van der Waals surface area contributed by atoms with Crippen LogP contribution >= 0.6 is 24.0 Å². The summed E-state index contributed by atoms with van der Waals surface area (Å²) in [5.41, 5.74) is 5.15. The summed E-state index contributed by atoms with van der Waals surface area (Å²) in [5.74, 6) is 0.792. The second-order valence-corrected chi connectivity index (χ2v) is 5.42. The van der Waals surface area contributed by atoms with E-state index in [1.165, 1.54) is 0 Å². The van der Waals surface area contributed by atoms with Gasteiger partial charge in [-0.25, -0.2) is 0 Å². The first-order valence-corrected chi connectivity index (χ1v) is 7.63. The molecule has 0 aromatic carbocycles. The second kappa shape index (κ2) is 10.5. The number of furan rings is 1. The largest absolute Gasteiger partial charge is 0.454 e. The first kappa shape index (κ1) is 20.7. The molecule has 2 atom stereocenters. The molecule has 1 saturated heterocycles. The van der Waals surface area contributed by atoms with Crippen LogP contribution in [-0.4, -0.2) is 50.9 Å². The highest BCUT2D eigenvalue weighted by molar-refractivity contribution is 14.0. The standard InChI is InChI=1S/C15H24N4O4.HI/c1-10(8-22-12-5-6-21-9-12)19-15(17-2)18-7-11-3-4-13(23-11)14(16)20;/h3-4,10,12H,5-9H2,1-2H3,(H2,16,20)(H2,17,18,19);1H. The molecule has 8 nitrogen and oxygen atoms in total. The van der Waals surface area contributed by atoms with Gasteiger partial charge in [-0.05, 0) is 25.5 Å². The number of aliphatic imine (C=N–C) groups is 1. The molecular formula is C15H25IN4O4. The Bertz CT molecular complexity index is 543. The van der Waals surface area contributed by atoms with E-state index in [1.807, 2.05) is 6.92 Å². The van der Waals surface area contributed by atoms with E-state index in [1.54, 1.807) is 19.2 Å². The average molecular weight is 452 g/mol. The maximum absolute atomic E-state index is 11.0. The molecule has 1 aromatic heterocycles. The number of guanidine groups is 1. The highest BCUT2D eigenvalue weighted by Crippen LogP contribution is 2.08. The molecule has 9 heteroatoms. The number of nitrogens with two attached hydrogens (primary N) is 1. The van der Waals surface area contributed by atoms with E-state index in [0.29, 0.717) is 31.5 Å². The minimum atomic E-state index is -0.583. The van der Waals surface area contributed by atoms with Crippen LogP contribution in [0.25, 0.3) is 0 Å². The van der Waals surface area contributed by atoms with Gasteiger partial charge in [0.15, 0.2) is 11.7 Å². The molecule has 2 rings (SSSR count). The lowest BCUT2D eigenvalue weighted by molar-refractivity contribution is 0.0347. The summed E-state index contributed by atoms with van der Waals surface area (Å²) in [4.78, 5) is 15.1. The lowest BCUT2D eigenvalue weighted by Crippen LogP contribution is -2.44. The lowest BCUT2D eigenvalue weighted by Gasteiger charge is -2.19. The number of carbonyl (C=O) groups is 1. The number of halogens is 1. The van der Waals surface area contributed by atoms with Crippen molar-refractivity contribution in [3.8, 4) is 0 Å². The Hall–Kier alpha value is -1.33. The van der Waals surface area contributed by atoms with E-state index in [9.17, 15) is 4.79 Å². The van der Waals surface area contributed by atoms with E-state index in [4.69, 9.17) is 19.6 Å². The van der Waals surface area contributed by atoms with Crippen molar-refractivity contribution in [1.29, 1.82) is 0 Å². The molecule has 0 bridgehead atoms. The van der Waals surface area contributed by atoms with Gasteiger partial charge in [0.25, 0.3) is 5.91 Å². The maximum Gasteiger partial charge on any atom is 0.284 e. The molecule has 4 N–H and O–H groups in total. The first-order chi connectivity index (χ1) is 11.1. The van der Waals surface area contributed by atoms with Crippen LogP contribution in [0.5, 0.6) is 0 Å². The molecule has 0 aliphatic carbocycles. The summed E-state index contributed by atoms with van der Waals surface area (Å²) in [7, 11) is 1.69. The fourth-order valence-corrected chi connectivity index (χ4v) is 2.17. The smallest absolute Gasteiger partial charge is 0.284 e. The van der Waals surface area contributed by atoms with E-state index in [2.05, 4.69) is 15.6 Å². The minimum Gasteiger partial charge on any atom is -0.454 e. The number of amides is 1. The van der Waals surface area contributed by atoms with Crippen LogP contribution in [0.15, 0.2) is 21.5 Å². The van der Waals surface area contributed by atoms with Gasteiger partial charge in [0.1, 0.15) is 5.76 Å². The maximum atomic E-state index is 11.0. The molecule has 1 fully saturated rings. The molecule has 1 amide bonds. The lowest BCUT2D eigenvalue weighted by atomic mass is 10.3. The molecular weight excluding hydrogens is 427 g/mol. The third-order valence-electron chi connectivity index (χ3n) is 3.41. The van der Waals surface area contributed by atoms with Gasteiger partial charge in [0.05, 0.1) is 25.9 Å². The molecule has 1 aliphatic rings. The summed E-state index contributed by atoms with van der Waals surface area (Å²) >= 11 is 0. The van der Waals surface area contributed by atoms with Crippen LogP contribution in [0.4, 0.5) is 0 Å². The molecule has 2 unspecified atom stereocenters. The second-order valence-electron chi connectivity index (χ2n) is 5.42. The number of hydrogen-bond donors (Lipinski definition) is 3. The van der Waals surface area contributed by atoms with Crippen molar-refractivity contribution in [1.82, 2.24) is 10.6 Å². The van der Waals surface area contributed by atoms with Gasteiger partial charge in [0.2, 0.25) is 0 Å². The summed E-state index contributed by atoms with van der Waals surface area (Å²) in [6.45, 7) is 4.42. The van der Waals surface area contributed by atoms with Gasteiger partial charge in [-0.3, -0.25) is 9.79 Å². The van der Waals surface area contributed by atoms with Gasteiger partial charge < -0.3 is 30.3 Å². The predicted octanol–water partition coefficient (Wildman–Crippen LogP) is 0.855. The van der Waals surface area contributed by atoms with Crippen molar-refractivity contribution in [2.45, 2.75) is 32.0 Å². The molecule has 0 radical (unpaired) electrons. The van der Waals surface area contributed by atoms with E-state index in [0.717, 1.165) is 13.0 Å². The van der Waals surface area contributed by atoms with Crippen LogP contribution in [0, 0.1) is 0 Å². The molecule has 2 heterocycles. The quantitative estimate of drug-likeness (QED) is 0.322. The molecule has 24 heavy (non-hydrogen) atoms. The summed E-state index contributed by atoms with van der Waals surface area (Å²) in [6.07, 6.45) is 1.13.